The Morgan fingerprint density at radius 1 is 0.686 bits per heavy atom. The van der Waals surface area contributed by atoms with Gasteiger partial charge in [0.15, 0.2) is 0 Å². The average Bonchev–Trinajstić information content (AvgIpc) is 3.64. The normalized spacial score (nSPS) is 14.3. The van der Waals surface area contributed by atoms with Gasteiger partial charge in [0.25, 0.3) is 0 Å². The molecule has 0 fully saturated rings. The topological polar surface area (TPSA) is 0 Å². The fourth-order valence-electron chi connectivity index (χ4n) is 7.41. The van der Waals surface area contributed by atoms with Gasteiger partial charge in [0, 0.05) is 9.58 Å². The lowest BCUT2D eigenvalue weighted by atomic mass is 9.80. The quantitative estimate of drug-likeness (QED) is 0.0999. The third kappa shape index (κ3) is 7.32. The van der Waals surface area contributed by atoms with Gasteiger partial charge in [0.1, 0.15) is 0 Å². The number of thiophene rings is 1. The average molecular weight is 679 g/mol. The minimum Gasteiger partial charge on any atom is -0.135 e. The Morgan fingerprint density at radius 2 is 1.37 bits per heavy atom. The van der Waals surface area contributed by atoms with Crippen LogP contribution in [0.15, 0.2) is 163 Å². The Balaban J connectivity index is 1.37. The van der Waals surface area contributed by atoms with Gasteiger partial charge in [-0.3, -0.25) is 0 Å². The zero-order chi connectivity index (χ0) is 35.2. The minimum absolute atomic E-state index is 0.912. The number of aryl methyl sites for hydroxylation is 1. The van der Waals surface area contributed by atoms with E-state index in [1.807, 2.05) is 11.3 Å². The molecule has 1 aliphatic carbocycles. The van der Waals surface area contributed by atoms with E-state index in [2.05, 4.69) is 185 Å². The van der Waals surface area contributed by atoms with Crippen molar-refractivity contribution >= 4 is 49.8 Å². The van der Waals surface area contributed by atoms with E-state index in [0.717, 1.165) is 25.7 Å². The molecule has 6 aromatic rings. The molecule has 0 radical (unpaired) electrons. The molecule has 1 heterocycles. The lowest BCUT2D eigenvalue weighted by Gasteiger charge is -2.23. The van der Waals surface area contributed by atoms with Gasteiger partial charge in [-0.25, -0.2) is 0 Å². The van der Waals surface area contributed by atoms with Crippen LogP contribution in [0.5, 0.6) is 0 Å². The molecule has 0 unspecified atom stereocenters. The molecule has 0 bridgehead atoms. The standard InChI is InChI=1S/C50H46S/c1-5-8-16-36(6-2)49(35(4)37-23-30-41(31-24-37)48-34-45-21-14-15-22-47(45)51-48)50(42-18-10-9-11-19-42)46(7-3)40-28-25-39(26-29-40)44-32-27-38-17-12-13-20-43(38)33-44/h6,8-26,28-31,33-34H,5,7,27,32H2,1-4H3/b16-8-,36-6+,49-35+,50-46+. The molecule has 0 amide bonds. The fraction of sp³-hybridized carbons (Fsp3) is 0.160. The van der Waals surface area contributed by atoms with Crippen LogP contribution in [-0.2, 0) is 6.42 Å². The molecule has 7 rings (SSSR count). The first-order chi connectivity index (χ1) is 25.1. The molecular weight excluding hydrogens is 633 g/mol. The third-order valence-corrected chi connectivity index (χ3v) is 11.3. The molecule has 0 atom stereocenters. The minimum atomic E-state index is 0.912. The summed E-state index contributed by atoms with van der Waals surface area (Å²) >= 11 is 1.86. The second kappa shape index (κ2) is 15.8. The molecule has 0 spiro atoms. The summed E-state index contributed by atoms with van der Waals surface area (Å²) < 4.78 is 1.33. The predicted octanol–water partition coefficient (Wildman–Crippen LogP) is 14.8. The molecule has 1 aromatic heterocycles. The van der Waals surface area contributed by atoms with Crippen LogP contribution >= 0.6 is 11.3 Å². The van der Waals surface area contributed by atoms with Gasteiger partial charge >= 0.3 is 0 Å². The molecule has 0 aliphatic heterocycles. The van der Waals surface area contributed by atoms with E-state index in [0.29, 0.717) is 0 Å². The molecule has 0 saturated carbocycles. The maximum atomic E-state index is 2.38. The van der Waals surface area contributed by atoms with Crippen LogP contribution in [-0.4, -0.2) is 0 Å². The van der Waals surface area contributed by atoms with Gasteiger partial charge < -0.3 is 0 Å². The number of rotatable bonds is 10. The van der Waals surface area contributed by atoms with Crippen LogP contribution < -0.4 is 0 Å². The first kappa shape index (κ1) is 34.2. The van der Waals surface area contributed by atoms with E-state index in [-0.39, 0.29) is 0 Å². The lowest BCUT2D eigenvalue weighted by molar-refractivity contribution is 1.00. The van der Waals surface area contributed by atoms with Crippen LogP contribution in [0.2, 0.25) is 0 Å². The highest BCUT2D eigenvalue weighted by Crippen LogP contribution is 2.43. The number of hydrogen-bond acceptors (Lipinski definition) is 1. The van der Waals surface area contributed by atoms with E-state index in [1.165, 1.54) is 87.3 Å². The Bertz CT molecular complexity index is 2270. The van der Waals surface area contributed by atoms with Crippen LogP contribution in [0, 0.1) is 0 Å². The number of allylic oxidation sites excluding steroid dienone is 9. The first-order valence-electron chi connectivity index (χ1n) is 18.4. The molecule has 0 nitrogen and oxygen atoms in total. The predicted molar refractivity (Wildman–Crippen MR) is 226 cm³/mol. The maximum Gasteiger partial charge on any atom is 0.0355 e. The summed E-state index contributed by atoms with van der Waals surface area (Å²) in [6, 6.07) is 49.4. The van der Waals surface area contributed by atoms with E-state index in [1.54, 1.807) is 0 Å². The summed E-state index contributed by atoms with van der Waals surface area (Å²) in [6.07, 6.45) is 13.3. The van der Waals surface area contributed by atoms with Crippen molar-refractivity contribution in [2.24, 2.45) is 0 Å². The SMILES string of the molecule is C/C=C(\C=C/CC)C(=C(/C)c1ccc(-c2cc3ccccc3s2)cc1)/C(=C(\CC)c1ccc(C2=Cc3ccccc3CC2)cc1)c1ccccc1. The van der Waals surface area contributed by atoms with E-state index >= 15 is 0 Å². The number of fused-ring (bicyclic) bond motifs is 2. The molecule has 252 valence electrons. The van der Waals surface area contributed by atoms with E-state index < -0.39 is 0 Å². The van der Waals surface area contributed by atoms with Gasteiger partial charge in [-0.1, -0.05) is 159 Å². The zero-order valence-electron chi connectivity index (χ0n) is 30.2. The highest BCUT2D eigenvalue weighted by Gasteiger charge is 2.21. The van der Waals surface area contributed by atoms with Crippen molar-refractivity contribution in [1.29, 1.82) is 0 Å². The van der Waals surface area contributed by atoms with Crippen LogP contribution in [0.4, 0.5) is 0 Å². The molecule has 0 saturated heterocycles. The molecular formula is C50H46S. The molecule has 0 N–H and O–H groups in total. The van der Waals surface area contributed by atoms with Crippen molar-refractivity contribution in [2.75, 3.05) is 0 Å². The van der Waals surface area contributed by atoms with Gasteiger partial charge in [0.2, 0.25) is 0 Å². The van der Waals surface area contributed by atoms with Crippen molar-refractivity contribution in [1.82, 2.24) is 0 Å². The first-order valence-corrected chi connectivity index (χ1v) is 19.2. The smallest absolute Gasteiger partial charge is 0.0355 e. The second-order valence-corrected chi connectivity index (χ2v) is 14.4. The van der Waals surface area contributed by atoms with Gasteiger partial charge in [-0.05, 0) is 129 Å². The van der Waals surface area contributed by atoms with E-state index in [9.17, 15) is 0 Å². The maximum absolute atomic E-state index is 2.38. The lowest BCUT2D eigenvalue weighted by Crippen LogP contribution is -2.02. The van der Waals surface area contributed by atoms with Crippen LogP contribution in [0.1, 0.15) is 80.3 Å². The summed E-state index contributed by atoms with van der Waals surface area (Å²) in [7, 11) is 0. The van der Waals surface area contributed by atoms with Crippen molar-refractivity contribution in [2.45, 2.75) is 53.4 Å². The Hall–Kier alpha value is -5.24. The molecule has 1 heteroatoms. The van der Waals surface area contributed by atoms with Gasteiger partial charge in [0.05, 0.1) is 0 Å². The Kier molecular flexibility index (Phi) is 10.6. The van der Waals surface area contributed by atoms with Crippen LogP contribution in [0.25, 0.3) is 48.9 Å². The Morgan fingerprint density at radius 3 is 2.10 bits per heavy atom. The summed E-state index contributed by atoms with van der Waals surface area (Å²) in [5.74, 6) is 0. The summed E-state index contributed by atoms with van der Waals surface area (Å²) in [5.41, 5.74) is 17.0. The zero-order valence-corrected chi connectivity index (χ0v) is 31.1. The van der Waals surface area contributed by atoms with Gasteiger partial charge in [-0.2, -0.15) is 0 Å². The van der Waals surface area contributed by atoms with E-state index in [4.69, 9.17) is 0 Å². The summed E-state index contributed by atoms with van der Waals surface area (Å²) in [4.78, 5) is 1.31. The fourth-order valence-corrected chi connectivity index (χ4v) is 8.48. The highest BCUT2D eigenvalue weighted by atomic mass is 32.1. The largest absolute Gasteiger partial charge is 0.135 e. The van der Waals surface area contributed by atoms with Crippen molar-refractivity contribution in [3.8, 4) is 10.4 Å². The van der Waals surface area contributed by atoms with Crippen molar-refractivity contribution < 1.29 is 0 Å². The number of hydrogen-bond donors (Lipinski definition) is 0. The van der Waals surface area contributed by atoms with Crippen molar-refractivity contribution in [3.63, 3.8) is 0 Å². The molecule has 5 aromatic carbocycles. The third-order valence-electron chi connectivity index (χ3n) is 10.2. The molecule has 51 heavy (non-hydrogen) atoms. The second-order valence-electron chi connectivity index (χ2n) is 13.3. The summed E-state index contributed by atoms with van der Waals surface area (Å²) in [6.45, 7) is 8.99. The highest BCUT2D eigenvalue weighted by molar-refractivity contribution is 7.22. The van der Waals surface area contributed by atoms with Crippen molar-refractivity contribution in [3.05, 3.63) is 196 Å². The van der Waals surface area contributed by atoms with Crippen LogP contribution in [0.3, 0.4) is 0 Å². The summed E-state index contributed by atoms with van der Waals surface area (Å²) in [5, 5.41) is 1.30. The van der Waals surface area contributed by atoms with Gasteiger partial charge in [-0.15, -0.1) is 11.3 Å². The number of benzene rings is 5. The molecule has 1 aliphatic rings. The Labute approximate surface area is 308 Å². The monoisotopic (exact) mass is 678 g/mol.